The lowest BCUT2D eigenvalue weighted by Crippen LogP contribution is -2.45. The average molecular weight is 243 g/mol. The van der Waals surface area contributed by atoms with Crippen molar-refractivity contribution in [2.45, 2.75) is 31.1 Å². The van der Waals surface area contributed by atoms with Crippen molar-refractivity contribution in [3.8, 4) is 0 Å². The summed E-state index contributed by atoms with van der Waals surface area (Å²) in [6.07, 6.45) is 5.86. The predicted octanol–water partition coefficient (Wildman–Crippen LogP) is 1.97. The normalized spacial score (nSPS) is 18.1. The number of aromatic nitrogens is 1. The third-order valence-corrected chi connectivity index (χ3v) is 4.13. The van der Waals surface area contributed by atoms with Crippen molar-refractivity contribution in [2.75, 3.05) is 0 Å². The van der Waals surface area contributed by atoms with Crippen molar-refractivity contribution in [2.24, 2.45) is 5.84 Å². The summed E-state index contributed by atoms with van der Waals surface area (Å²) in [6, 6.07) is 8.09. The average Bonchev–Trinajstić information content (AvgIpc) is 3.04. The van der Waals surface area contributed by atoms with Gasteiger partial charge in [-0.2, -0.15) is 0 Å². The highest BCUT2D eigenvalue weighted by molar-refractivity contribution is 5.95. The molecule has 0 saturated heterocycles. The Morgan fingerprint density at radius 3 is 2.72 bits per heavy atom. The lowest BCUT2D eigenvalue weighted by Gasteiger charge is -2.26. The fourth-order valence-corrected chi connectivity index (χ4v) is 3.20. The monoisotopic (exact) mass is 243 g/mol. The summed E-state index contributed by atoms with van der Waals surface area (Å²) in [5.74, 6) is 5.31. The zero-order chi connectivity index (χ0) is 12.6. The number of para-hydroxylation sites is 1. The third kappa shape index (κ3) is 1.46. The summed E-state index contributed by atoms with van der Waals surface area (Å²) >= 11 is 0. The molecule has 0 radical (unpaired) electrons. The Morgan fingerprint density at radius 1 is 1.28 bits per heavy atom. The van der Waals surface area contributed by atoms with Crippen LogP contribution in [0, 0.1) is 0 Å². The molecular formula is C14H17N3O. The summed E-state index contributed by atoms with van der Waals surface area (Å²) in [6.45, 7) is 0. The summed E-state index contributed by atoms with van der Waals surface area (Å²) in [5, 5.41) is 1.13. The van der Waals surface area contributed by atoms with Crippen LogP contribution < -0.4 is 11.3 Å². The number of amides is 1. The second-order valence-corrected chi connectivity index (χ2v) is 5.01. The molecule has 1 fully saturated rings. The van der Waals surface area contributed by atoms with Crippen molar-refractivity contribution < 1.29 is 4.79 Å². The van der Waals surface area contributed by atoms with Gasteiger partial charge in [-0.1, -0.05) is 31.0 Å². The molecule has 0 atom stereocenters. The van der Waals surface area contributed by atoms with E-state index in [1.165, 1.54) is 0 Å². The van der Waals surface area contributed by atoms with Gasteiger partial charge in [-0.15, -0.1) is 0 Å². The minimum atomic E-state index is -0.450. The quantitative estimate of drug-likeness (QED) is 0.429. The standard InChI is InChI=1S/C14H17N3O/c15-17-13(18)14(7-3-4-8-14)11-9-16-12-6-2-1-5-10(11)12/h1-2,5-6,9,16H,3-4,7-8,15H2,(H,17,18). The van der Waals surface area contributed by atoms with E-state index < -0.39 is 5.41 Å². The van der Waals surface area contributed by atoms with Crippen molar-refractivity contribution in [1.29, 1.82) is 0 Å². The Hall–Kier alpha value is -1.81. The number of nitrogens with one attached hydrogen (secondary N) is 2. The van der Waals surface area contributed by atoms with Crippen LogP contribution in [0.3, 0.4) is 0 Å². The van der Waals surface area contributed by atoms with Gasteiger partial charge < -0.3 is 4.98 Å². The zero-order valence-corrected chi connectivity index (χ0v) is 10.2. The van der Waals surface area contributed by atoms with Crippen LogP contribution in [0.1, 0.15) is 31.2 Å². The van der Waals surface area contributed by atoms with E-state index in [1.807, 2.05) is 24.4 Å². The van der Waals surface area contributed by atoms with Crippen LogP contribution in [0.15, 0.2) is 30.5 Å². The minimum absolute atomic E-state index is 0.0650. The molecule has 0 unspecified atom stereocenters. The first kappa shape index (κ1) is 11.3. The zero-order valence-electron chi connectivity index (χ0n) is 10.2. The molecule has 1 heterocycles. The molecule has 18 heavy (non-hydrogen) atoms. The highest BCUT2D eigenvalue weighted by Gasteiger charge is 2.43. The van der Waals surface area contributed by atoms with E-state index in [2.05, 4.69) is 16.5 Å². The smallest absolute Gasteiger partial charge is 0.244 e. The van der Waals surface area contributed by atoms with Crippen LogP contribution in [-0.2, 0) is 10.2 Å². The molecule has 3 rings (SSSR count). The van der Waals surface area contributed by atoms with Crippen molar-refractivity contribution in [3.63, 3.8) is 0 Å². The number of carbonyl (C=O) groups is 1. The molecule has 0 aliphatic heterocycles. The van der Waals surface area contributed by atoms with Gasteiger partial charge in [-0.25, -0.2) is 5.84 Å². The topological polar surface area (TPSA) is 70.9 Å². The van der Waals surface area contributed by atoms with Crippen LogP contribution in [0.25, 0.3) is 10.9 Å². The first-order chi connectivity index (χ1) is 8.78. The molecule has 4 nitrogen and oxygen atoms in total. The first-order valence-electron chi connectivity index (χ1n) is 6.35. The van der Waals surface area contributed by atoms with E-state index in [-0.39, 0.29) is 5.91 Å². The van der Waals surface area contributed by atoms with Crippen LogP contribution in [0.4, 0.5) is 0 Å². The maximum Gasteiger partial charge on any atom is 0.244 e. The lowest BCUT2D eigenvalue weighted by atomic mass is 9.78. The van der Waals surface area contributed by atoms with Gasteiger partial charge in [0.25, 0.3) is 0 Å². The maximum absolute atomic E-state index is 12.2. The first-order valence-corrected chi connectivity index (χ1v) is 6.35. The van der Waals surface area contributed by atoms with Crippen molar-refractivity contribution >= 4 is 16.8 Å². The number of carbonyl (C=O) groups excluding carboxylic acids is 1. The molecule has 0 spiro atoms. The number of hydrogen-bond acceptors (Lipinski definition) is 2. The number of H-pyrrole nitrogens is 1. The molecule has 4 N–H and O–H groups in total. The fourth-order valence-electron chi connectivity index (χ4n) is 3.20. The van der Waals surface area contributed by atoms with E-state index in [9.17, 15) is 4.79 Å². The van der Waals surface area contributed by atoms with Crippen LogP contribution in [-0.4, -0.2) is 10.9 Å². The Kier molecular flexibility index (Phi) is 2.59. The second kappa shape index (κ2) is 4.14. The van der Waals surface area contributed by atoms with Gasteiger partial charge in [-0.05, 0) is 24.5 Å². The van der Waals surface area contributed by atoms with Gasteiger partial charge in [0.15, 0.2) is 0 Å². The highest BCUT2D eigenvalue weighted by Crippen LogP contribution is 2.43. The molecule has 0 bridgehead atoms. The Balaban J connectivity index is 2.19. The van der Waals surface area contributed by atoms with Gasteiger partial charge in [0, 0.05) is 17.1 Å². The van der Waals surface area contributed by atoms with Gasteiger partial charge >= 0.3 is 0 Å². The van der Waals surface area contributed by atoms with Crippen LogP contribution in [0.5, 0.6) is 0 Å². The highest BCUT2D eigenvalue weighted by atomic mass is 16.2. The van der Waals surface area contributed by atoms with Gasteiger partial charge in [0.05, 0.1) is 5.41 Å². The summed E-state index contributed by atoms with van der Waals surface area (Å²) in [7, 11) is 0. The number of nitrogens with two attached hydrogens (primary N) is 1. The SMILES string of the molecule is NNC(=O)C1(c2c[nH]c3ccccc23)CCCC1. The number of hydrazine groups is 1. The molecule has 4 heteroatoms. The van der Waals surface area contributed by atoms with Gasteiger partial charge in [0.1, 0.15) is 0 Å². The molecule has 1 saturated carbocycles. The number of rotatable bonds is 2. The number of aromatic amines is 1. The molecule has 1 aromatic heterocycles. The Morgan fingerprint density at radius 2 is 2.00 bits per heavy atom. The molecule has 1 aliphatic carbocycles. The molecule has 94 valence electrons. The minimum Gasteiger partial charge on any atom is -0.361 e. The van der Waals surface area contributed by atoms with Crippen molar-refractivity contribution in [3.05, 3.63) is 36.0 Å². The van der Waals surface area contributed by atoms with Crippen LogP contribution in [0.2, 0.25) is 0 Å². The van der Waals surface area contributed by atoms with E-state index >= 15 is 0 Å². The summed E-state index contributed by atoms with van der Waals surface area (Å²) < 4.78 is 0. The Labute approximate surface area is 106 Å². The van der Waals surface area contributed by atoms with Gasteiger partial charge in [0.2, 0.25) is 5.91 Å². The molecule has 1 aromatic carbocycles. The van der Waals surface area contributed by atoms with E-state index in [4.69, 9.17) is 5.84 Å². The lowest BCUT2D eigenvalue weighted by molar-refractivity contribution is -0.126. The van der Waals surface area contributed by atoms with Crippen LogP contribution >= 0.6 is 0 Å². The van der Waals surface area contributed by atoms with E-state index in [0.29, 0.717) is 0 Å². The molecular weight excluding hydrogens is 226 g/mol. The van der Waals surface area contributed by atoms with Gasteiger partial charge in [-0.3, -0.25) is 10.2 Å². The van der Waals surface area contributed by atoms with E-state index in [1.54, 1.807) is 0 Å². The predicted molar refractivity (Wildman–Crippen MR) is 70.8 cm³/mol. The largest absolute Gasteiger partial charge is 0.361 e. The fraction of sp³-hybridized carbons (Fsp3) is 0.357. The third-order valence-electron chi connectivity index (χ3n) is 4.13. The summed E-state index contributed by atoms with van der Waals surface area (Å²) in [5.41, 5.74) is 4.05. The molecule has 1 aliphatic rings. The van der Waals surface area contributed by atoms with E-state index in [0.717, 1.165) is 42.1 Å². The number of benzene rings is 1. The maximum atomic E-state index is 12.2. The number of hydrogen-bond donors (Lipinski definition) is 3. The number of fused-ring (bicyclic) bond motifs is 1. The Bertz CT molecular complexity index is 581. The molecule has 2 aromatic rings. The second-order valence-electron chi connectivity index (χ2n) is 5.01. The van der Waals surface area contributed by atoms with Crippen molar-refractivity contribution in [1.82, 2.24) is 10.4 Å². The molecule has 1 amide bonds. The summed E-state index contributed by atoms with van der Waals surface area (Å²) in [4.78, 5) is 15.5.